The van der Waals surface area contributed by atoms with Crippen LogP contribution in [0.2, 0.25) is 0 Å². The summed E-state index contributed by atoms with van der Waals surface area (Å²) >= 11 is 9.41. The molecule has 0 unspecified atom stereocenters. The highest BCUT2D eigenvalue weighted by Crippen LogP contribution is 2.29. The average molecular weight is 356 g/mol. The second kappa shape index (κ2) is 7.55. The Morgan fingerprint density at radius 3 is 2.45 bits per heavy atom. The van der Waals surface area contributed by atoms with Crippen molar-refractivity contribution < 1.29 is 9.47 Å². The fourth-order valence-corrected chi connectivity index (χ4v) is 2.74. The van der Waals surface area contributed by atoms with Gasteiger partial charge in [-0.15, -0.1) is 11.6 Å². The summed E-state index contributed by atoms with van der Waals surface area (Å²) in [5, 5.41) is 0. The van der Waals surface area contributed by atoms with Crippen LogP contribution in [0.1, 0.15) is 11.1 Å². The number of hydrogen-bond donors (Lipinski definition) is 0. The van der Waals surface area contributed by atoms with Gasteiger partial charge in [0.25, 0.3) is 0 Å². The SMILES string of the molecule is Cc1cc(Br)cc(CCl)c1OCCOc1ccccc1. The molecule has 0 saturated heterocycles. The Labute approximate surface area is 132 Å². The predicted molar refractivity (Wildman–Crippen MR) is 85.9 cm³/mol. The first-order valence-corrected chi connectivity index (χ1v) is 7.69. The van der Waals surface area contributed by atoms with Gasteiger partial charge in [0.05, 0.1) is 5.88 Å². The van der Waals surface area contributed by atoms with Gasteiger partial charge in [-0.3, -0.25) is 0 Å². The van der Waals surface area contributed by atoms with Gasteiger partial charge in [0, 0.05) is 10.0 Å². The number of alkyl halides is 1. The van der Waals surface area contributed by atoms with Crippen molar-refractivity contribution >= 4 is 27.5 Å². The molecule has 4 heteroatoms. The molecule has 0 atom stereocenters. The summed E-state index contributed by atoms with van der Waals surface area (Å²) in [6, 6.07) is 13.7. The molecular weight excluding hydrogens is 340 g/mol. The lowest BCUT2D eigenvalue weighted by Gasteiger charge is -2.14. The van der Waals surface area contributed by atoms with Crippen molar-refractivity contribution in [1.82, 2.24) is 0 Å². The molecule has 0 radical (unpaired) electrons. The molecule has 0 aliphatic heterocycles. The third-order valence-electron chi connectivity index (χ3n) is 2.80. The van der Waals surface area contributed by atoms with Crippen molar-refractivity contribution in [1.29, 1.82) is 0 Å². The van der Waals surface area contributed by atoms with E-state index < -0.39 is 0 Å². The van der Waals surface area contributed by atoms with E-state index in [2.05, 4.69) is 15.9 Å². The number of rotatable bonds is 6. The molecule has 0 aromatic heterocycles. The molecule has 2 aromatic carbocycles. The van der Waals surface area contributed by atoms with Crippen LogP contribution in [0.15, 0.2) is 46.9 Å². The monoisotopic (exact) mass is 354 g/mol. The zero-order valence-corrected chi connectivity index (χ0v) is 13.6. The van der Waals surface area contributed by atoms with Gasteiger partial charge in [-0.25, -0.2) is 0 Å². The minimum atomic E-state index is 0.426. The van der Waals surface area contributed by atoms with E-state index in [4.69, 9.17) is 21.1 Å². The molecule has 0 heterocycles. The van der Waals surface area contributed by atoms with Crippen LogP contribution in [0.25, 0.3) is 0 Å². The molecule has 2 rings (SSSR count). The molecular formula is C16H16BrClO2. The Kier molecular flexibility index (Phi) is 5.74. The lowest BCUT2D eigenvalue weighted by molar-refractivity contribution is 0.215. The molecule has 0 aliphatic carbocycles. The molecule has 0 bridgehead atoms. The lowest BCUT2D eigenvalue weighted by Crippen LogP contribution is -2.10. The van der Waals surface area contributed by atoms with Crippen molar-refractivity contribution in [3.63, 3.8) is 0 Å². The van der Waals surface area contributed by atoms with E-state index in [1.807, 2.05) is 49.4 Å². The van der Waals surface area contributed by atoms with Gasteiger partial charge in [0.2, 0.25) is 0 Å². The third kappa shape index (κ3) is 4.15. The van der Waals surface area contributed by atoms with E-state index in [1.54, 1.807) is 0 Å². The van der Waals surface area contributed by atoms with Crippen LogP contribution >= 0.6 is 27.5 Å². The fourth-order valence-electron chi connectivity index (χ4n) is 1.93. The smallest absolute Gasteiger partial charge is 0.126 e. The van der Waals surface area contributed by atoms with Gasteiger partial charge in [0.15, 0.2) is 0 Å². The number of benzene rings is 2. The molecule has 2 nitrogen and oxygen atoms in total. The largest absolute Gasteiger partial charge is 0.490 e. The summed E-state index contributed by atoms with van der Waals surface area (Å²) in [6.45, 7) is 3.00. The summed E-state index contributed by atoms with van der Waals surface area (Å²) in [6.07, 6.45) is 0. The molecule has 0 fully saturated rings. The maximum absolute atomic E-state index is 5.95. The molecule has 106 valence electrons. The van der Waals surface area contributed by atoms with Gasteiger partial charge in [0.1, 0.15) is 24.7 Å². The minimum absolute atomic E-state index is 0.426. The fraction of sp³-hybridized carbons (Fsp3) is 0.250. The van der Waals surface area contributed by atoms with Gasteiger partial charge in [-0.05, 0) is 36.8 Å². The second-order valence-corrected chi connectivity index (χ2v) is 5.54. The molecule has 2 aromatic rings. The van der Waals surface area contributed by atoms with Crippen LogP contribution in [-0.2, 0) is 5.88 Å². The maximum Gasteiger partial charge on any atom is 0.126 e. The molecule has 0 saturated carbocycles. The van der Waals surface area contributed by atoms with E-state index in [0.717, 1.165) is 27.1 Å². The maximum atomic E-state index is 5.95. The summed E-state index contributed by atoms with van der Waals surface area (Å²) in [7, 11) is 0. The predicted octanol–water partition coefficient (Wildman–Crippen LogP) is 4.95. The van der Waals surface area contributed by atoms with Gasteiger partial charge in [-0.1, -0.05) is 34.1 Å². The summed E-state index contributed by atoms with van der Waals surface area (Å²) < 4.78 is 12.4. The highest BCUT2D eigenvalue weighted by molar-refractivity contribution is 9.10. The van der Waals surface area contributed by atoms with Crippen LogP contribution in [0.5, 0.6) is 11.5 Å². The quantitative estimate of drug-likeness (QED) is 0.539. The molecule has 0 N–H and O–H groups in total. The first-order chi connectivity index (χ1) is 9.70. The van der Waals surface area contributed by atoms with Crippen molar-refractivity contribution in [2.75, 3.05) is 13.2 Å². The van der Waals surface area contributed by atoms with Crippen molar-refractivity contribution in [3.8, 4) is 11.5 Å². The summed E-state index contributed by atoms with van der Waals surface area (Å²) in [5.74, 6) is 2.12. The second-order valence-electron chi connectivity index (χ2n) is 4.35. The van der Waals surface area contributed by atoms with E-state index in [-0.39, 0.29) is 0 Å². The van der Waals surface area contributed by atoms with Crippen LogP contribution in [0.3, 0.4) is 0 Å². The zero-order chi connectivity index (χ0) is 14.4. The third-order valence-corrected chi connectivity index (χ3v) is 3.55. The van der Waals surface area contributed by atoms with Crippen molar-refractivity contribution in [2.45, 2.75) is 12.8 Å². The Balaban J connectivity index is 1.91. The average Bonchev–Trinajstić information content (AvgIpc) is 2.45. The summed E-state index contributed by atoms with van der Waals surface area (Å²) in [5.41, 5.74) is 2.05. The Morgan fingerprint density at radius 1 is 1.05 bits per heavy atom. The Hall–Kier alpha value is -1.19. The Morgan fingerprint density at radius 2 is 1.75 bits per heavy atom. The summed E-state index contributed by atoms with van der Waals surface area (Å²) in [4.78, 5) is 0. The minimum Gasteiger partial charge on any atom is -0.490 e. The van der Waals surface area contributed by atoms with Crippen molar-refractivity contribution in [3.05, 3.63) is 58.1 Å². The number of aryl methyl sites for hydroxylation is 1. The van der Waals surface area contributed by atoms with Gasteiger partial charge >= 0.3 is 0 Å². The molecule has 0 amide bonds. The number of para-hydroxylation sites is 1. The standard InChI is InChI=1S/C16H16BrClO2/c1-12-9-14(17)10-13(11-18)16(12)20-8-7-19-15-5-3-2-4-6-15/h2-6,9-10H,7-8,11H2,1H3. The zero-order valence-electron chi connectivity index (χ0n) is 11.2. The number of ether oxygens (including phenoxy) is 2. The Bertz CT molecular complexity index is 558. The van der Waals surface area contributed by atoms with Crippen LogP contribution in [-0.4, -0.2) is 13.2 Å². The lowest BCUT2D eigenvalue weighted by atomic mass is 10.1. The molecule has 20 heavy (non-hydrogen) atoms. The molecule has 0 aliphatic rings. The van der Waals surface area contributed by atoms with Gasteiger partial charge in [-0.2, -0.15) is 0 Å². The first kappa shape index (κ1) is 15.2. The first-order valence-electron chi connectivity index (χ1n) is 6.36. The van der Waals surface area contributed by atoms with Crippen LogP contribution < -0.4 is 9.47 Å². The van der Waals surface area contributed by atoms with Gasteiger partial charge < -0.3 is 9.47 Å². The van der Waals surface area contributed by atoms with Crippen molar-refractivity contribution in [2.24, 2.45) is 0 Å². The van der Waals surface area contributed by atoms with E-state index >= 15 is 0 Å². The number of hydrogen-bond acceptors (Lipinski definition) is 2. The molecule has 0 spiro atoms. The van der Waals surface area contributed by atoms with Crippen LogP contribution in [0.4, 0.5) is 0 Å². The highest BCUT2D eigenvalue weighted by atomic mass is 79.9. The number of halogens is 2. The highest BCUT2D eigenvalue weighted by Gasteiger charge is 2.08. The van der Waals surface area contributed by atoms with E-state index in [9.17, 15) is 0 Å². The van der Waals surface area contributed by atoms with E-state index in [1.165, 1.54) is 0 Å². The topological polar surface area (TPSA) is 18.5 Å². The van der Waals surface area contributed by atoms with E-state index in [0.29, 0.717) is 19.1 Å². The normalized spacial score (nSPS) is 10.3. The van der Waals surface area contributed by atoms with Crippen LogP contribution in [0, 0.1) is 6.92 Å².